The lowest BCUT2D eigenvalue weighted by molar-refractivity contribution is -0.153. The number of carbonyl (C=O) groups is 3. The molecule has 1 saturated carbocycles. The molecular formula is C20H24F3N3O4. The fourth-order valence-corrected chi connectivity index (χ4v) is 3.94. The summed E-state index contributed by atoms with van der Waals surface area (Å²) in [6.07, 6.45) is -0.443. The number of benzene rings is 1. The molecule has 0 aromatic heterocycles. The van der Waals surface area contributed by atoms with E-state index in [2.05, 4.69) is 10.1 Å². The number of hydrogen-bond donors (Lipinski definition) is 1. The Morgan fingerprint density at radius 1 is 1.13 bits per heavy atom. The summed E-state index contributed by atoms with van der Waals surface area (Å²) in [4.78, 5) is 40.1. The predicted molar refractivity (Wildman–Crippen MR) is 101 cm³/mol. The third-order valence-electron chi connectivity index (χ3n) is 5.60. The molecular weight excluding hydrogens is 403 g/mol. The molecule has 2 aliphatic rings. The van der Waals surface area contributed by atoms with E-state index in [1.54, 1.807) is 7.05 Å². The molecule has 0 radical (unpaired) electrons. The van der Waals surface area contributed by atoms with Crippen LogP contribution in [0.5, 0.6) is 5.75 Å². The maximum Gasteiger partial charge on any atom is 0.422 e. The van der Waals surface area contributed by atoms with Gasteiger partial charge in [0.1, 0.15) is 17.8 Å². The van der Waals surface area contributed by atoms with E-state index >= 15 is 0 Å². The van der Waals surface area contributed by atoms with E-state index < -0.39 is 30.3 Å². The van der Waals surface area contributed by atoms with E-state index in [1.807, 2.05) is 0 Å². The summed E-state index contributed by atoms with van der Waals surface area (Å²) in [5, 5.41) is 2.62. The van der Waals surface area contributed by atoms with Gasteiger partial charge in [0.2, 0.25) is 5.91 Å². The lowest BCUT2D eigenvalue weighted by Gasteiger charge is -2.35. The number of hydrogen-bond acceptors (Lipinski definition) is 4. The standard InChI is InChI=1S/C20H24F3N3O4/c1-25-18(29)26(17(28)19(25)9-3-2-4-10-19)12-16(27)24-11-14-5-7-15(8-6-14)30-13-20(21,22)23/h5-8H,2-4,9-13H2,1H3,(H,24,27). The van der Waals surface area contributed by atoms with Gasteiger partial charge in [-0.25, -0.2) is 4.79 Å². The van der Waals surface area contributed by atoms with Gasteiger partial charge in [-0.05, 0) is 30.5 Å². The Bertz CT molecular complexity index is 805. The number of ether oxygens (including phenoxy) is 1. The smallest absolute Gasteiger partial charge is 0.422 e. The van der Waals surface area contributed by atoms with Crippen LogP contribution >= 0.6 is 0 Å². The quantitative estimate of drug-likeness (QED) is 0.709. The zero-order valence-corrected chi connectivity index (χ0v) is 16.6. The first-order chi connectivity index (χ1) is 14.1. The Morgan fingerprint density at radius 2 is 1.77 bits per heavy atom. The van der Waals surface area contributed by atoms with Crippen molar-refractivity contribution in [3.05, 3.63) is 29.8 Å². The van der Waals surface area contributed by atoms with Crippen molar-refractivity contribution in [1.29, 1.82) is 0 Å². The predicted octanol–water partition coefficient (Wildman–Crippen LogP) is 2.84. The summed E-state index contributed by atoms with van der Waals surface area (Å²) >= 11 is 0. The van der Waals surface area contributed by atoms with Crippen LogP contribution in [0.15, 0.2) is 24.3 Å². The molecule has 1 aliphatic heterocycles. The zero-order valence-electron chi connectivity index (χ0n) is 16.6. The second-order valence-electron chi connectivity index (χ2n) is 7.65. The largest absolute Gasteiger partial charge is 0.484 e. The van der Waals surface area contributed by atoms with Crippen molar-refractivity contribution in [2.75, 3.05) is 20.2 Å². The van der Waals surface area contributed by atoms with Gasteiger partial charge in [-0.15, -0.1) is 0 Å². The van der Waals surface area contributed by atoms with Crippen molar-refractivity contribution < 1.29 is 32.3 Å². The highest BCUT2D eigenvalue weighted by molar-refractivity contribution is 6.08. The summed E-state index contributed by atoms with van der Waals surface area (Å²) in [7, 11) is 1.60. The van der Waals surface area contributed by atoms with Crippen molar-refractivity contribution in [2.24, 2.45) is 0 Å². The van der Waals surface area contributed by atoms with Crippen LogP contribution in [0.4, 0.5) is 18.0 Å². The number of halogens is 3. The van der Waals surface area contributed by atoms with Crippen molar-refractivity contribution in [2.45, 2.75) is 50.4 Å². The molecule has 0 atom stereocenters. The minimum Gasteiger partial charge on any atom is -0.484 e. The number of urea groups is 1. The highest BCUT2D eigenvalue weighted by atomic mass is 19.4. The topological polar surface area (TPSA) is 79.0 Å². The summed E-state index contributed by atoms with van der Waals surface area (Å²) in [6.45, 7) is -1.64. The van der Waals surface area contributed by atoms with Crippen molar-refractivity contribution >= 4 is 17.8 Å². The summed E-state index contributed by atoms with van der Waals surface area (Å²) in [6, 6.07) is 5.35. The molecule has 1 aromatic rings. The van der Waals surface area contributed by atoms with Crippen LogP contribution in [0.1, 0.15) is 37.7 Å². The number of rotatable bonds is 6. The fraction of sp³-hybridized carbons (Fsp3) is 0.550. The van der Waals surface area contributed by atoms with E-state index in [0.717, 1.165) is 24.2 Å². The molecule has 3 rings (SSSR count). The molecule has 1 aliphatic carbocycles. The molecule has 0 unspecified atom stereocenters. The Labute approximate surface area is 172 Å². The number of alkyl halides is 3. The van der Waals surface area contributed by atoms with Crippen LogP contribution in [0.2, 0.25) is 0 Å². The molecule has 30 heavy (non-hydrogen) atoms. The second-order valence-corrected chi connectivity index (χ2v) is 7.65. The molecule has 4 amide bonds. The molecule has 0 bridgehead atoms. The highest BCUT2D eigenvalue weighted by Crippen LogP contribution is 2.39. The molecule has 1 aromatic carbocycles. The second kappa shape index (κ2) is 8.53. The van der Waals surface area contributed by atoms with Gasteiger partial charge in [0, 0.05) is 13.6 Å². The molecule has 1 saturated heterocycles. The number of nitrogens with one attached hydrogen (secondary N) is 1. The van der Waals surface area contributed by atoms with E-state index in [-0.39, 0.29) is 24.7 Å². The first-order valence-corrected chi connectivity index (χ1v) is 9.77. The van der Waals surface area contributed by atoms with Crippen LogP contribution in [0, 0.1) is 0 Å². The summed E-state index contributed by atoms with van der Waals surface area (Å²) in [5.41, 5.74) is -0.190. The summed E-state index contributed by atoms with van der Waals surface area (Å²) in [5.74, 6) is -0.747. The normalized spacial score (nSPS) is 18.8. The molecule has 1 heterocycles. The van der Waals surface area contributed by atoms with Crippen LogP contribution in [-0.2, 0) is 16.1 Å². The minimum absolute atomic E-state index is 0.0662. The lowest BCUT2D eigenvalue weighted by Crippen LogP contribution is -2.49. The number of amides is 4. The van der Waals surface area contributed by atoms with Crippen LogP contribution in [0.25, 0.3) is 0 Å². The maximum atomic E-state index is 12.9. The van der Waals surface area contributed by atoms with Gasteiger partial charge in [-0.3, -0.25) is 14.5 Å². The average Bonchev–Trinajstić information content (AvgIpc) is 2.88. The Hall–Kier alpha value is -2.78. The number of carbonyl (C=O) groups excluding carboxylic acids is 3. The zero-order chi connectivity index (χ0) is 21.9. The van der Waals surface area contributed by atoms with E-state index in [4.69, 9.17) is 0 Å². The molecule has 1 N–H and O–H groups in total. The van der Waals surface area contributed by atoms with Gasteiger partial charge in [0.25, 0.3) is 5.91 Å². The van der Waals surface area contributed by atoms with E-state index in [1.165, 1.54) is 29.2 Å². The first kappa shape index (κ1) is 21.9. The molecule has 10 heteroatoms. The average molecular weight is 427 g/mol. The van der Waals surface area contributed by atoms with Crippen LogP contribution in [-0.4, -0.2) is 59.6 Å². The SMILES string of the molecule is CN1C(=O)N(CC(=O)NCc2ccc(OCC(F)(F)F)cc2)C(=O)C12CCCCC2. The van der Waals surface area contributed by atoms with Gasteiger partial charge >= 0.3 is 12.2 Å². The van der Waals surface area contributed by atoms with Crippen molar-refractivity contribution in [1.82, 2.24) is 15.1 Å². The first-order valence-electron chi connectivity index (χ1n) is 9.77. The Morgan fingerprint density at radius 3 is 2.37 bits per heavy atom. The number of nitrogens with zero attached hydrogens (tertiary/aromatic N) is 2. The fourth-order valence-electron chi connectivity index (χ4n) is 3.94. The van der Waals surface area contributed by atoms with Crippen molar-refractivity contribution in [3.63, 3.8) is 0 Å². The third kappa shape index (κ3) is 4.68. The number of imide groups is 1. The third-order valence-corrected chi connectivity index (χ3v) is 5.60. The van der Waals surface area contributed by atoms with Crippen LogP contribution in [0.3, 0.4) is 0 Å². The molecule has 7 nitrogen and oxygen atoms in total. The molecule has 1 spiro atoms. The van der Waals surface area contributed by atoms with Gasteiger partial charge in [0.15, 0.2) is 6.61 Å². The monoisotopic (exact) mass is 427 g/mol. The highest BCUT2D eigenvalue weighted by Gasteiger charge is 2.55. The molecule has 2 fully saturated rings. The van der Waals surface area contributed by atoms with Gasteiger partial charge in [0.05, 0.1) is 0 Å². The van der Waals surface area contributed by atoms with Gasteiger partial charge < -0.3 is 15.0 Å². The number of likely N-dealkylation sites (N-methyl/N-ethyl adjacent to an activating group) is 1. The van der Waals surface area contributed by atoms with Gasteiger partial charge in [-0.2, -0.15) is 13.2 Å². The summed E-state index contributed by atoms with van der Waals surface area (Å²) < 4.78 is 41.1. The molecule has 164 valence electrons. The van der Waals surface area contributed by atoms with E-state index in [0.29, 0.717) is 18.4 Å². The van der Waals surface area contributed by atoms with Crippen molar-refractivity contribution in [3.8, 4) is 5.75 Å². The van der Waals surface area contributed by atoms with E-state index in [9.17, 15) is 27.6 Å². The maximum absolute atomic E-state index is 12.9. The Balaban J connectivity index is 1.52. The lowest BCUT2D eigenvalue weighted by atomic mass is 9.81. The minimum atomic E-state index is -4.42. The van der Waals surface area contributed by atoms with Crippen LogP contribution < -0.4 is 10.1 Å². The Kier molecular flexibility index (Phi) is 6.23. The van der Waals surface area contributed by atoms with Gasteiger partial charge in [-0.1, -0.05) is 31.4 Å².